The zero-order valence-corrected chi connectivity index (χ0v) is 12.4. The highest BCUT2D eigenvalue weighted by Crippen LogP contribution is 2.23. The van der Waals surface area contributed by atoms with Gasteiger partial charge < -0.3 is 11.1 Å². The van der Waals surface area contributed by atoms with E-state index in [2.05, 4.69) is 12.2 Å². The van der Waals surface area contributed by atoms with E-state index >= 15 is 0 Å². The Balaban J connectivity index is 1.74. The van der Waals surface area contributed by atoms with E-state index in [0.717, 1.165) is 12.2 Å². The number of rotatable bonds is 5. The fourth-order valence-corrected chi connectivity index (χ4v) is 2.94. The summed E-state index contributed by atoms with van der Waals surface area (Å²) < 4.78 is 0. The van der Waals surface area contributed by atoms with Gasteiger partial charge in [0.1, 0.15) is 0 Å². The summed E-state index contributed by atoms with van der Waals surface area (Å²) >= 11 is 0. The molecule has 3 heteroatoms. The van der Waals surface area contributed by atoms with Gasteiger partial charge in [0, 0.05) is 18.7 Å². The largest absolute Gasteiger partial charge is 0.399 e. The van der Waals surface area contributed by atoms with Crippen molar-refractivity contribution >= 4 is 11.6 Å². The molecule has 3 nitrogen and oxygen atoms in total. The van der Waals surface area contributed by atoms with Gasteiger partial charge in [-0.3, -0.25) is 4.79 Å². The minimum Gasteiger partial charge on any atom is -0.399 e. The van der Waals surface area contributed by atoms with Gasteiger partial charge in [-0.25, -0.2) is 0 Å². The number of anilines is 1. The summed E-state index contributed by atoms with van der Waals surface area (Å²) in [4.78, 5) is 12.0. The standard InChI is InChI=1S/C17H26N2O/c1-13(15-7-9-16(18)10-8-15)11-17(20)19-12-14-5-3-2-4-6-14/h7-10,13-14H,2-6,11-12,18H2,1H3,(H,19,20). The molecule has 1 atom stereocenters. The Morgan fingerprint density at radius 3 is 2.55 bits per heavy atom. The Kier molecular flexibility index (Phi) is 5.45. The van der Waals surface area contributed by atoms with Gasteiger partial charge in [0.05, 0.1) is 0 Å². The molecule has 20 heavy (non-hydrogen) atoms. The molecule has 0 bridgehead atoms. The second kappa shape index (κ2) is 7.32. The van der Waals surface area contributed by atoms with Crippen molar-refractivity contribution in [3.8, 4) is 0 Å². The van der Waals surface area contributed by atoms with Crippen molar-refractivity contribution in [1.82, 2.24) is 5.32 Å². The van der Waals surface area contributed by atoms with Crippen molar-refractivity contribution < 1.29 is 4.79 Å². The molecule has 0 heterocycles. The van der Waals surface area contributed by atoms with Crippen LogP contribution in [0.15, 0.2) is 24.3 Å². The maximum Gasteiger partial charge on any atom is 0.220 e. The van der Waals surface area contributed by atoms with Crippen LogP contribution in [0.25, 0.3) is 0 Å². The van der Waals surface area contributed by atoms with Gasteiger partial charge >= 0.3 is 0 Å². The zero-order valence-electron chi connectivity index (χ0n) is 12.4. The number of benzene rings is 1. The molecule has 0 aliphatic heterocycles. The van der Waals surface area contributed by atoms with Gasteiger partial charge in [-0.2, -0.15) is 0 Å². The number of hydrogen-bond acceptors (Lipinski definition) is 2. The second-order valence-electron chi connectivity index (χ2n) is 6.08. The Morgan fingerprint density at radius 2 is 1.90 bits per heavy atom. The number of carbonyl (C=O) groups is 1. The van der Waals surface area contributed by atoms with Crippen LogP contribution in [0.2, 0.25) is 0 Å². The van der Waals surface area contributed by atoms with Gasteiger partial charge in [0.2, 0.25) is 5.91 Å². The lowest BCUT2D eigenvalue weighted by Crippen LogP contribution is -2.30. The maximum absolute atomic E-state index is 12.0. The summed E-state index contributed by atoms with van der Waals surface area (Å²) in [5.74, 6) is 1.10. The van der Waals surface area contributed by atoms with Gasteiger partial charge in [0.25, 0.3) is 0 Å². The highest BCUT2D eigenvalue weighted by atomic mass is 16.1. The second-order valence-corrected chi connectivity index (χ2v) is 6.08. The van der Waals surface area contributed by atoms with Gasteiger partial charge in [-0.1, -0.05) is 38.3 Å². The van der Waals surface area contributed by atoms with E-state index in [1.165, 1.54) is 37.7 Å². The fourth-order valence-electron chi connectivity index (χ4n) is 2.94. The number of nitrogens with one attached hydrogen (secondary N) is 1. The first-order valence-corrected chi connectivity index (χ1v) is 7.77. The average molecular weight is 274 g/mol. The van der Waals surface area contributed by atoms with Crippen molar-refractivity contribution in [2.45, 2.75) is 51.4 Å². The highest BCUT2D eigenvalue weighted by molar-refractivity contribution is 5.76. The quantitative estimate of drug-likeness (QED) is 0.808. The minimum atomic E-state index is 0.167. The van der Waals surface area contributed by atoms with E-state index in [-0.39, 0.29) is 11.8 Å². The lowest BCUT2D eigenvalue weighted by Gasteiger charge is -2.22. The fraction of sp³-hybridized carbons (Fsp3) is 0.588. The molecule has 0 saturated heterocycles. The molecule has 1 amide bonds. The molecule has 1 fully saturated rings. The van der Waals surface area contributed by atoms with Crippen molar-refractivity contribution in [2.24, 2.45) is 5.92 Å². The van der Waals surface area contributed by atoms with Crippen LogP contribution in [0.4, 0.5) is 5.69 Å². The first-order chi connectivity index (χ1) is 9.65. The molecule has 1 unspecified atom stereocenters. The Hall–Kier alpha value is -1.51. The van der Waals surface area contributed by atoms with Crippen LogP contribution < -0.4 is 11.1 Å². The molecular formula is C17H26N2O. The first kappa shape index (κ1) is 14.9. The van der Waals surface area contributed by atoms with Crippen LogP contribution in [0.3, 0.4) is 0 Å². The van der Waals surface area contributed by atoms with Crippen LogP contribution in [0.1, 0.15) is 56.9 Å². The molecule has 1 aliphatic carbocycles. The molecule has 1 aromatic rings. The Labute approximate surface area is 121 Å². The van der Waals surface area contributed by atoms with E-state index in [0.29, 0.717) is 12.3 Å². The third kappa shape index (κ3) is 4.55. The van der Waals surface area contributed by atoms with E-state index in [1.54, 1.807) is 0 Å². The molecular weight excluding hydrogens is 248 g/mol. The van der Waals surface area contributed by atoms with E-state index in [9.17, 15) is 4.79 Å². The lowest BCUT2D eigenvalue weighted by molar-refractivity contribution is -0.121. The molecule has 110 valence electrons. The number of hydrogen-bond donors (Lipinski definition) is 2. The van der Waals surface area contributed by atoms with Crippen LogP contribution in [0.5, 0.6) is 0 Å². The zero-order chi connectivity index (χ0) is 14.4. The van der Waals surface area contributed by atoms with Crippen molar-refractivity contribution in [3.63, 3.8) is 0 Å². The van der Waals surface area contributed by atoms with Gasteiger partial charge in [-0.15, -0.1) is 0 Å². The number of carbonyl (C=O) groups excluding carboxylic acids is 1. The van der Waals surface area contributed by atoms with Crippen LogP contribution >= 0.6 is 0 Å². The molecule has 0 spiro atoms. The molecule has 1 aliphatic rings. The number of nitrogen functional groups attached to an aromatic ring is 1. The van der Waals surface area contributed by atoms with Crippen LogP contribution in [-0.4, -0.2) is 12.5 Å². The molecule has 2 rings (SSSR count). The predicted molar refractivity (Wildman–Crippen MR) is 83.5 cm³/mol. The average Bonchev–Trinajstić information content (AvgIpc) is 2.47. The third-order valence-electron chi connectivity index (χ3n) is 4.31. The van der Waals surface area contributed by atoms with Crippen molar-refractivity contribution in [1.29, 1.82) is 0 Å². The minimum absolute atomic E-state index is 0.167. The summed E-state index contributed by atoms with van der Waals surface area (Å²) in [5, 5.41) is 3.10. The van der Waals surface area contributed by atoms with Crippen LogP contribution in [-0.2, 0) is 4.79 Å². The van der Waals surface area contributed by atoms with Gasteiger partial charge in [-0.05, 0) is 42.4 Å². The molecule has 1 saturated carbocycles. The summed E-state index contributed by atoms with van der Waals surface area (Å²) in [6.45, 7) is 2.94. The van der Waals surface area contributed by atoms with Crippen LogP contribution in [0, 0.1) is 5.92 Å². The first-order valence-electron chi connectivity index (χ1n) is 7.77. The Bertz CT molecular complexity index is 421. The smallest absolute Gasteiger partial charge is 0.220 e. The maximum atomic E-state index is 12.0. The summed E-state index contributed by atoms with van der Waals surface area (Å²) in [6, 6.07) is 7.81. The van der Waals surface area contributed by atoms with E-state index < -0.39 is 0 Å². The SMILES string of the molecule is CC(CC(=O)NCC1CCCCC1)c1ccc(N)cc1. The third-order valence-corrected chi connectivity index (χ3v) is 4.31. The Morgan fingerprint density at radius 1 is 1.25 bits per heavy atom. The highest BCUT2D eigenvalue weighted by Gasteiger charge is 2.16. The summed E-state index contributed by atoms with van der Waals surface area (Å²) in [7, 11) is 0. The monoisotopic (exact) mass is 274 g/mol. The summed E-state index contributed by atoms with van der Waals surface area (Å²) in [5.41, 5.74) is 7.62. The lowest BCUT2D eigenvalue weighted by atomic mass is 9.89. The molecule has 3 N–H and O–H groups in total. The molecule has 0 radical (unpaired) electrons. The molecule has 0 aromatic heterocycles. The van der Waals surface area contributed by atoms with E-state index in [1.807, 2.05) is 24.3 Å². The molecule has 1 aromatic carbocycles. The topological polar surface area (TPSA) is 55.1 Å². The normalized spacial score (nSPS) is 17.6. The number of amides is 1. The van der Waals surface area contributed by atoms with Gasteiger partial charge in [0.15, 0.2) is 0 Å². The number of nitrogens with two attached hydrogens (primary N) is 1. The van der Waals surface area contributed by atoms with Crippen molar-refractivity contribution in [2.75, 3.05) is 12.3 Å². The van der Waals surface area contributed by atoms with Crippen molar-refractivity contribution in [3.05, 3.63) is 29.8 Å². The van der Waals surface area contributed by atoms with E-state index in [4.69, 9.17) is 5.73 Å². The predicted octanol–water partition coefficient (Wildman–Crippen LogP) is 3.46. The summed E-state index contributed by atoms with van der Waals surface area (Å²) in [6.07, 6.45) is 7.10.